The Bertz CT molecular complexity index is 701. The van der Waals surface area contributed by atoms with Crippen LogP contribution in [0, 0.1) is 0 Å². The number of ether oxygens (including phenoxy) is 1. The van der Waals surface area contributed by atoms with Crippen LogP contribution in [0.5, 0.6) is 5.75 Å². The fraction of sp³-hybridized carbons (Fsp3) is 0.176. The molecule has 0 saturated heterocycles. The van der Waals surface area contributed by atoms with Crippen molar-refractivity contribution in [1.82, 2.24) is 4.90 Å². The van der Waals surface area contributed by atoms with E-state index in [0.717, 1.165) is 0 Å². The Balaban J connectivity index is 1.96. The second-order valence-electron chi connectivity index (χ2n) is 4.92. The fourth-order valence-electron chi connectivity index (χ4n) is 2.00. The number of hydrogen-bond donors (Lipinski definition) is 1. The maximum atomic E-state index is 12.3. The fourth-order valence-corrected chi connectivity index (χ4v) is 2.46. The zero-order chi connectivity index (χ0) is 16.8. The Labute approximate surface area is 143 Å². The van der Waals surface area contributed by atoms with Gasteiger partial charge in [-0.25, -0.2) is 0 Å². The number of rotatable bonds is 5. The van der Waals surface area contributed by atoms with Gasteiger partial charge in [-0.3, -0.25) is 9.59 Å². The predicted octanol–water partition coefficient (Wildman–Crippen LogP) is 3.17. The molecule has 2 aromatic carbocycles. The SMILES string of the molecule is COc1ccc(NC(=O)CN(C)C(=O)c2ccccc2Br)cc1. The Hall–Kier alpha value is -2.34. The Morgan fingerprint density at radius 1 is 1.13 bits per heavy atom. The van der Waals surface area contributed by atoms with E-state index in [1.54, 1.807) is 56.6 Å². The predicted molar refractivity (Wildman–Crippen MR) is 92.7 cm³/mol. The van der Waals surface area contributed by atoms with Crippen LogP contribution in [-0.2, 0) is 4.79 Å². The number of hydrogen-bond acceptors (Lipinski definition) is 3. The molecule has 5 nitrogen and oxygen atoms in total. The first-order valence-electron chi connectivity index (χ1n) is 6.95. The summed E-state index contributed by atoms with van der Waals surface area (Å²) in [4.78, 5) is 25.8. The molecule has 2 amide bonds. The van der Waals surface area contributed by atoms with E-state index in [9.17, 15) is 9.59 Å². The number of benzene rings is 2. The molecule has 2 aromatic rings. The molecule has 6 heteroatoms. The molecule has 0 saturated carbocycles. The molecule has 0 heterocycles. The van der Waals surface area contributed by atoms with Crippen molar-refractivity contribution in [3.63, 3.8) is 0 Å². The van der Waals surface area contributed by atoms with Crippen molar-refractivity contribution >= 4 is 33.4 Å². The molecule has 120 valence electrons. The van der Waals surface area contributed by atoms with Gasteiger partial charge in [-0.1, -0.05) is 12.1 Å². The van der Waals surface area contributed by atoms with Gasteiger partial charge in [0.1, 0.15) is 5.75 Å². The van der Waals surface area contributed by atoms with Crippen LogP contribution in [0.4, 0.5) is 5.69 Å². The van der Waals surface area contributed by atoms with Crippen molar-refractivity contribution in [3.8, 4) is 5.75 Å². The van der Waals surface area contributed by atoms with Gasteiger partial charge in [0.15, 0.2) is 0 Å². The van der Waals surface area contributed by atoms with Gasteiger partial charge in [0.25, 0.3) is 5.91 Å². The number of halogens is 1. The van der Waals surface area contributed by atoms with Crippen molar-refractivity contribution in [3.05, 3.63) is 58.6 Å². The lowest BCUT2D eigenvalue weighted by atomic mass is 10.2. The molecule has 0 spiro atoms. The van der Waals surface area contributed by atoms with Gasteiger partial charge in [-0.2, -0.15) is 0 Å². The number of nitrogens with zero attached hydrogens (tertiary/aromatic N) is 1. The van der Waals surface area contributed by atoms with E-state index in [0.29, 0.717) is 21.5 Å². The van der Waals surface area contributed by atoms with Crippen LogP contribution < -0.4 is 10.1 Å². The van der Waals surface area contributed by atoms with E-state index < -0.39 is 0 Å². The smallest absolute Gasteiger partial charge is 0.255 e. The summed E-state index contributed by atoms with van der Waals surface area (Å²) in [6.45, 7) is -0.0355. The highest BCUT2D eigenvalue weighted by Gasteiger charge is 2.17. The van der Waals surface area contributed by atoms with Gasteiger partial charge in [-0.15, -0.1) is 0 Å². The molecule has 23 heavy (non-hydrogen) atoms. The van der Waals surface area contributed by atoms with E-state index in [-0.39, 0.29) is 18.4 Å². The second-order valence-corrected chi connectivity index (χ2v) is 5.77. The molecule has 1 N–H and O–H groups in total. The first-order chi connectivity index (χ1) is 11.0. The van der Waals surface area contributed by atoms with Gasteiger partial charge >= 0.3 is 0 Å². The summed E-state index contributed by atoms with van der Waals surface area (Å²) in [5, 5.41) is 2.74. The van der Waals surface area contributed by atoms with Crippen molar-refractivity contribution in [2.75, 3.05) is 26.0 Å². The summed E-state index contributed by atoms with van der Waals surface area (Å²) < 4.78 is 5.76. The van der Waals surface area contributed by atoms with Crippen LogP contribution in [0.25, 0.3) is 0 Å². The van der Waals surface area contributed by atoms with Gasteiger partial charge in [0.2, 0.25) is 5.91 Å². The second kappa shape index (κ2) is 7.78. The summed E-state index contributed by atoms with van der Waals surface area (Å²) in [7, 11) is 3.17. The Morgan fingerprint density at radius 3 is 2.39 bits per heavy atom. The summed E-state index contributed by atoms with van der Waals surface area (Å²) in [5.41, 5.74) is 1.17. The molecule has 0 unspecified atom stereocenters. The first kappa shape index (κ1) is 17.0. The number of anilines is 1. The van der Waals surface area contributed by atoms with Crippen molar-refractivity contribution in [2.24, 2.45) is 0 Å². The molecular weight excluding hydrogens is 360 g/mol. The third-order valence-electron chi connectivity index (χ3n) is 3.21. The molecule has 2 rings (SSSR count). The number of carbonyl (C=O) groups excluding carboxylic acids is 2. The van der Waals surface area contributed by atoms with Crippen molar-refractivity contribution in [2.45, 2.75) is 0 Å². The van der Waals surface area contributed by atoms with E-state index in [1.165, 1.54) is 4.90 Å². The lowest BCUT2D eigenvalue weighted by Crippen LogP contribution is -2.35. The van der Waals surface area contributed by atoms with Crippen molar-refractivity contribution in [1.29, 1.82) is 0 Å². The lowest BCUT2D eigenvalue weighted by molar-refractivity contribution is -0.116. The molecule has 0 aliphatic carbocycles. The van der Waals surface area contributed by atoms with Gasteiger partial charge in [0, 0.05) is 17.2 Å². The zero-order valence-corrected chi connectivity index (χ0v) is 14.5. The minimum Gasteiger partial charge on any atom is -0.497 e. The molecule has 0 atom stereocenters. The third-order valence-corrected chi connectivity index (χ3v) is 3.90. The average Bonchev–Trinajstić information content (AvgIpc) is 2.55. The van der Waals surface area contributed by atoms with Crippen LogP contribution in [0.1, 0.15) is 10.4 Å². The van der Waals surface area contributed by atoms with Crippen LogP contribution in [0.3, 0.4) is 0 Å². The van der Waals surface area contributed by atoms with Crippen molar-refractivity contribution < 1.29 is 14.3 Å². The topological polar surface area (TPSA) is 58.6 Å². The molecule has 0 radical (unpaired) electrons. The van der Waals surface area contributed by atoms with Crippen LogP contribution in [0.15, 0.2) is 53.0 Å². The minimum atomic E-state index is -0.266. The number of methoxy groups -OCH3 is 1. The number of carbonyl (C=O) groups is 2. The maximum absolute atomic E-state index is 12.3. The van der Waals surface area contributed by atoms with Crippen LogP contribution >= 0.6 is 15.9 Å². The average molecular weight is 377 g/mol. The van der Waals surface area contributed by atoms with Gasteiger partial charge in [-0.05, 0) is 52.3 Å². The standard InChI is InChI=1S/C17H17BrN2O3/c1-20(17(22)14-5-3-4-6-15(14)18)11-16(21)19-12-7-9-13(23-2)10-8-12/h3-10H,11H2,1-2H3,(H,19,21). The summed E-state index contributed by atoms with van der Waals surface area (Å²) >= 11 is 3.34. The molecule has 0 aromatic heterocycles. The summed E-state index contributed by atoms with van der Waals surface area (Å²) in [6, 6.07) is 14.1. The monoisotopic (exact) mass is 376 g/mol. The Morgan fingerprint density at radius 2 is 1.78 bits per heavy atom. The van der Waals surface area contributed by atoms with Crippen LogP contribution in [0.2, 0.25) is 0 Å². The quantitative estimate of drug-likeness (QED) is 0.871. The summed E-state index contributed by atoms with van der Waals surface area (Å²) in [6.07, 6.45) is 0. The number of nitrogens with one attached hydrogen (secondary N) is 1. The minimum absolute atomic E-state index is 0.0355. The summed E-state index contributed by atoms with van der Waals surface area (Å²) in [5.74, 6) is 0.227. The number of likely N-dealkylation sites (N-methyl/N-ethyl adjacent to an activating group) is 1. The van der Waals surface area contributed by atoms with Crippen LogP contribution in [-0.4, -0.2) is 37.4 Å². The van der Waals surface area contributed by atoms with E-state index in [1.807, 2.05) is 6.07 Å². The molecule has 0 aliphatic rings. The van der Waals surface area contributed by atoms with E-state index in [2.05, 4.69) is 21.2 Å². The third kappa shape index (κ3) is 4.56. The molecule has 0 fully saturated rings. The highest BCUT2D eigenvalue weighted by atomic mass is 79.9. The number of amides is 2. The normalized spacial score (nSPS) is 10.0. The molecule has 0 aliphatic heterocycles. The maximum Gasteiger partial charge on any atom is 0.255 e. The molecular formula is C17H17BrN2O3. The molecule has 0 bridgehead atoms. The van der Waals surface area contributed by atoms with E-state index >= 15 is 0 Å². The van der Waals surface area contributed by atoms with E-state index in [4.69, 9.17) is 4.74 Å². The first-order valence-corrected chi connectivity index (χ1v) is 7.74. The highest BCUT2D eigenvalue weighted by molar-refractivity contribution is 9.10. The Kier molecular flexibility index (Phi) is 5.76. The largest absolute Gasteiger partial charge is 0.497 e. The highest BCUT2D eigenvalue weighted by Crippen LogP contribution is 2.18. The van der Waals surface area contributed by atoms with Gasteiger partial charge in [0.05, 0.1) is 19.2 Å². The van der Waals surface area contributed by atoms with Gasteiger partial charge < -0.3 is 15.0 Å². The zero-order valence-electron chi connectivity index (χ0n) is 12.9. The lowest BCUT2D eigenvalue weighted by Gasteiger charge is -2.17.